The molecule has 230 valence electrons. The number of H-pyrrole nitrogens is 1. The minimum Gasteiger partial charge on any atom is -0.460 e. The van der Waals surface area contributed by atoms with Crippen LogP contribution in [-0.4, -0.2) is 64.3 Å². The van der Waals surface area contributed by atoms with Gasteiger partial charge >= 0.3 is 5.97 Å². The number of carbonyl (C=O) groups is 2. The van der Waals surface area contributed by atoms with Gasteiger partial charge in [0.15, 0.2) is 17.7 Å². The predicted octanol–water partition coefficient (Wildman–Crippen LogP) is 5.17. The van der Waals surface area contributed by atoms with Crippen molar-refractivity contribution in [2.75, 3.05) is 13.2 Å². The number of aliphatic hydroxyl groups is 1. The molecule has 5 aliphatic rings. The third kappa shape index (κ3) is 3.43. The number of rotatable bonds is 5. The largest absolute Gasteiger partial charge is 0.460 e. The van der Waals surface area contributed by atoms with Crippen molar-refractivity contribution in [1.82, 2.24) is 4.98 Å². The van der Waals surface area contributed by atoms with E-state index < -0.39 is 46.0 Å². The third-order valence-corrected chi connectivity index (χ3v) is 11.9. The summed E-state index contributed by atoms with van der Waals surface area (Å²) in [6, 6.07) is 17.2. The van der Waals surface area contributed by atoms with Crippen molar-refractivity contribution in [1.29, 1.82) is 0 Å². The molecule has 2 saturated carbocycles. The second kappa shape index (κ2) is 9.13. The molecule has 3 heterocycles. The van der Waals surface area contributed by atoms with Gasteiger partial charge in [-0.25, -0.2) is 4.79 Å². The van der Waals surface area contributed by atoms with E-state index in [1.807, 2.05) is 26.0 Å². The van der Waals surface area contributed by atoms with Gasteiger partial charge in [-0.05, 0) is 68.9 Å². The summed E-state index contributed by atoms with van der Waals surface area (Å²) >= 11 is 0. The molecular weight excluding hydrogens is 558 g/mol. The number of hydrogen-bond acceptors (Lipinski definition) is 7. The van der Waals surface area contributed by atoms with Crippen LogP contribution in [0, 0.1) is 11.3 Å². The van der Waals surface area contributed by atoms with Gasteiger partial charge in [-0.15, -0.1) is 0 Å². The summed E-state index contributed by atoms with van der Waals surface area (Å²) in [4.78, 5) is 29.9. The van der Waals surface area contributed by atoms with Crippen LogP contribution in [0.5, 0.6) is 0 Å². The average molecular weight is 598 g/mol. The smallest absolute Gasteiger partial charge is 0.338 e. The zero-order valence-corrected chi connectivity index (χ0v) is 25.6. The molecule has 8 rings (SSSR count). The van der Waals surface area contributed by atoms with Crippen molar-refractivity contribution in [3.63, 3.8) is 0 Å². The number of ether oxygens (including phenoxy) is 4. The molecule has 2 aliphatic heterocycles. The first-order valence-electron chi connectivity index (χ1n) is 15.8. The molecular formula is C36H39NO7. The van der Waals surface area contributed by atoms with Gasteiger partial charge in [-0.1, -0.05) is 50.2 Å². The highest BCUT2D eigenvalue weighted by molar-refractivity contribution is 5.97. The Kier molecular flexibility index (Phi) is 5.85. The second-order valence-electron chi connectivity index (χ2n) is 14.2. The number of hydrogen-bond donors (Lipinski definition) is 2. The Labute approximate surface area is 256 Å². The monoisotopic (exact) mass is 597 g/mol. The van der Waals surface area contributed by atoms with Crippen LogP contribution >= 0.6 is 0 Å². The molecule has 2 aromatic carbocycles. The number of aromatic nitrogens is 1. The summed E-state index contributed by atoms with van der Waals surface area (Å²) in [5.41, 5.74) is 0.841. The molecule has 3 fully saturated rings. The molecule has 3 aromatic rings. The van der Waals surface area contributed by atoms with Crippen molar-refractivity contribution >= 4 is 22.7 Å². The van der Waals surface area contributed by atoms with Crippen molar-refractivity contribution in [3.05, 3.63) is 83.1 Å². The Bertz CT molecular complexity index is 1730. The fraction of sp³-hybridized carbons (Fsp3) is 0.500. The predicted molar refractivity (Wildman–Crippen MR) is 162 cm³/mol. The summed E-state index contributed by atoms with van der Waals surface area (Å²) in [6.45, 7) is 8.31. The number of esters is 1. The van der Waals surface area contributed by atoms with Gasteiger partial charge in [0.05, 0.1) is 18.3 Å². The lowest BCUT2D eigenvalue weighted by molar-refractivity contribution is -0.281. The van der Waals surface area contributed by atoms with Crippen LogP contribution in [0.25, 0.3) is 10.9 Å². The van der Waals surface area contributed by atoms with Crippen LogP contribution in [0.4, 0.5) is 0 Å². The number of carbonyl (C=O) groups excluding carboxylic acids is 2. The van der Waals surface area contributed by atoms with Crippen LogP contribution in [0.2, 0.25) is 0 Å². The van der Waals surface area contributed by atoms with E-state index in [1.54, 1.807) is 30.3 Å². The molecule has 44 heavy (non-hydrogen) atoms. The van der Waals surface area contributed by atoms with Gasteiger partial charge in [0.25, 0.3) is 0 Å². The molecule has 1 spiro atoms. The fourth-order valence-corrected chi connectivity index (χ4v) is 9.57. The number of aromatic amines is 1. The summed E-state index contributed by atoms with van der Waals surface area (Å²) in [7, 11) is 0. The van der Waals surface area contributed by atoms with Gasteiger partial charge in [-0.2, -0.15) is 0 Å². The van der Waals surface area contributed by atoms with E-state index in [0.717, 1.165) is 17.6 Å². The normalized spacial score (nSPS) is 38.0. The van der Waals surface area contributed by atoms with Crippen LogP contribution in [-0.2, 0) is 35.6 Å². The molecule has 1 saturated heterocycles. The second-order valence-corrected chi connectivity index (χ2v) is 14.2. The van der Waals surface area contributed by atoms with Crippen molar-refractivity contribution in [2.45, 2.75) is 88.0 Å². The zero-order valence-electron chi connectivity index (χ0n) is 25.6. The van der Waals surface area contributed by atoms with E-state index in [0.29, 0.717) is 30.4 Å². The quantitative estimate of drug-likeness (QED) is 0.309. The number of para-hydroxylation sites is 1. The van der Waals surface area contributed by atoms with Crippen molar-refractivity contribution in [3.8, 4) is 0 Å². The summed E-state index contributed by atoms with van der Waals surface area (Å²) in [5.74, 6) is -1.65. The highest BCUT2D eigenvalue weighted by atomic mass is 16.8. The highest BCUT2D eigenvalue weighted by Crippen LogP contribution is 2.72. The maximum Gasteiger partial charge on any atom is 0.338 e. The van der Waals surface area contributed by atoms with E-state index >= 15 is 0 Å². The summed E-state index contributed by atoms with van der Waals surface area (Å²) in [5, 5.41) is 14.6. The van der Waals surface area contributed by atoms with E-state index in [1.165, 1.54) is 10.9 Å². The molecule has 7 atom stereocenters. The SMILES string of the molecule is CC1(C)O[C@@]23CC[C@]4(C)[C@@]5(C)c6[nH]c7ccccc7c6C[C@@H]5C[C@H](OCCOC(=O)c5ccccc5)[C@@]4(O)C2=CC(=O)[C@@H]1O3. The molecule has 0 unspecified atom stereocenters. The first-order chi connectivity index (χ1) is 20.9. The Balaban J connectivity index is 1.19. The van der Waals surface area contributed by atoms with Gasteiger partial charge in [0.1, 0.15) is 17.8 Å². The van der Waals surface area contributed by atoms with E-state index in [4.69, 9.17) is 18.9 Å². The minimum absolute atomic E-state index is 0.0356. The molecule has 8 heteroatoms. The molecule has 2 N–H and O–H groups in total. The molecule has 8 nitrogen and oxygen atoms in total. The third-order valence-electron chi connectivity index (χ3n) is 11.9. The van der Waals surface area contributed by atoms with Gasteiger partial charge < -0.3 is 29.0 Å². The lowest BCUT2D eigenvalue weighted by atomic mass is 9.41. The first-order valence-corrected chi connectivity index (χ1v) is 15.8. The van der Waals surface area contributed by atoms with Crippen LogP contribution in [0.3, 0.4) is 0 Å². The lowest BCUT2D eigenvalue weighted by Gasteiger charge is -2.67. The van der Waals surface area contributed by atoms with Crippen LogP contribution < -0.4 is 0 Å². The van der Waals surface area contributed by atoms with Gasteiger partial charge in [-0.3, -0.25) is 4.79 Å². The number of benzene rings is 2. The van der Waals surface area contributed by atoms with Crippen molar-refractivity contribution < 1.29 is 33.6 Å². The molecule has 0 radical (unpaired) electrons. The highest BCUT2D eigenvalue weighted by Gasteiger charge is 2.78. The Morgan fingerprint density at radius 3 is 2.57 bits per heavy atom. The van der Waals surface area contributed by atoms with Gasteiger partial charge in [0, 0.05) is 39.4 Å². The van der Waals surface area contributed by atoms with E-state index in [9.17, 15) is 14.7 Å². The standard InChI is InChI=1S/C36H39NO7/c1-32(2)30-26(38)20-27-35(43-30,44-32)15-14-33(3)34(4)22(18-24-23-12-8-9-13-25(23)37-29(24)34)19-28(36(27,33)40)41-16-17-42-31(39)21-10-6-5-7-11-21/h5-13,20,22,28,30,37,40H,14-19H2,1-4H3/t22-,28+,30+,33-,34-,35+,36+/m1/s1. The Morgan fingerprint density at radius 1 is 1.02 bits per heavy atom. The van der Waals surface area contributed by atoms with E-state index in [-0.39, 0.29) is 24.9 Å². The number of nitrogens with one attached hydrogen (secondary N) is 1. The lowest BCUT2D eigenvalue weighted by Crippen LogP contribution is -2.74. The molecule has 3 aliphatic carbocycles. The average Bonchev–Trinajstić information content (AvgIpc) is 3.60. The van der Waals surface area contributed by atoms with Gasteiger partial charge in [0.2, 0.25) is 0 Å². The fourth-order valence-electron chi connectivity index (χ4n) is 9.57. The molecule has 0 amide bonds. The first kappa shape index (κ1) is 28.2. The summed E-state index contributed by atoms with van der Waals surface area (Å²) < 4.78 is 25.2. The number of fused-ring (bicyclic) bond motifs is 9. The maximum atomic E-state index is 13.5. The maximum absolute atomic E-state index is 13.5. The Morgan fingerprint density at radius 2 is 1.77 bits per heavy atom. The molecule has 1 aromatic heterocycles. The van der Waals surface area contributed by atoms with Crippen molar-refractivity contribution in [2.24, 2.45) is 11.3 Å². The van der Waals surface area contributed by atoms with Crippen LogP contribution in [0.15, 0.2) is 66.2 Å². The number of ketones is 1. The zero-order chi connectivity index (χ0) is 30.7. The minimum atomic E-state index is -1.60. The Hall–Kier alpha value is -3.30. The molecule has 2 bridgehead atoms. The van der Waals surface area contributed by atoms with E-state index in [2.05, 4.69) is 37.0 Å². The van der Waals surface area contributed by atoms with Crippen LogP contribution in [0.1, 0.15) is 68.6 Å². The topological polar surface area (TPSA) is 107 Å². The summed E-state index contributed by atoms with van der Waals surface area (Å²) in [6.07, 6.45) is 2.72.